The molecule has 2 aromatic rings. The number of para-hydroxylation sites is 1. The Morgan fingerprint density at radius 1 is 0.932 bits per heavy atom. The fraction of sp³-hybridized carbons (Fsp3) is 0.541. The van der Waals surface area contributed by atoms with Gasteiger partial charge >= 0.3 is 6.09 Å². The molecule has 0 spiro atoms. The molecular weight excluding hydrogens is 550 g/mol. The van der Waals surface area contributed by atoms with Crippen molar-refractivity contribution in [3.63, 3.8) is 0 Å². The number of hydrogen-bond acceptors (Lipinski definition) is 4. The molecule has 7 heteroatoms. The van der Waals surface area contributed by atoms with Gasteiger partial charge in [0.15, 0.2) is 0 Å². The number of unbranched alkanes of at least 4 members (excludes halogenated alkanes) is 5. The highest BCUT2D eigenvalue weighted by Crippen LogP contribution is 2.30. The van der Waals surface area contributed by atoms with Crippen LogP contribution in [-0.2, 0) is 14.3 Å². The van der Waals surface area contributed by atoms with Crippen molar-refractivity contribution in [2.75, 3.05) is 11.9 Å². The lowest BCUT2D eigenvalue weighted by atomic mass is 9.93. The molecule has 0 aliphatic heterocycles. The largest absolute Gasteiger partial charge is 0.444 e. The van der Waals surface area contributed by atoms with Gasteiger partial charge in [-0.05, 0) is 69.7 Å². The van der Waals surface area contributed by atoms with Crippen LogP contribution in [0.25, 0.3) is 0 Å². The van der Waals surface area contributed by atoms with Gasteiger partial charge in [0.1, 0.15) is 17.7 Å². The molecule has 7 nitrogen and oxygen atoms in total. The van der Waals surface area contributed by atoms with E-state index in [-0.39, 0.29) is 17.7 Å². The van der Waals surface area contributed by atoms with Crippen LogP contribution in [0.3, 0.4) is 0 Å². The average Bonchev–Trinajstić information content (AvgIpc) is 2.97. The van der Waals surface area contributed by atoms with E-state index in [1.165, 1.54) is 0 Å². The maximum atomic E-state index is 14.6. The van der Waals surface area contributed by atoms with Crippen molar-refractivity contribution >= 4 is 23.6 Å². The van der Waals surface area contributed by atoms with Crippen LogP contribution in [0.15, 0.2) is 42.5 Å². The molecule has 2 aromatic carbocycles. The van der Waals surface area contributed by atoms with Crippen molar-refractivity contribution in [1.82, 2.24) is 10.2 Å². The molecule has 0 aliphatic rings. The first-order chi connectivity index (χ1) is 20.8. The molecule has 44 heavy (non-hydrogen) atoms. The van der Waals surface area contributed by atoms with Crippen molar-refractivity contribution < 1.29 is 19.1 Å². The van der Waals surface area contributed by atoms with Crippen LogP contribution in [-0.4, -0.2) is 41.0 Å². The molecule has 3 atom stereocenters. The Morgan fingerprint density at radius 2 is 1.55 bits per heavy atom. The first-order valence-electron chi connectivity index (χ1n) is 16.1. The van der Waals surface area contributed by atoms with Gasteiger partial charge in [-0.1, -0.05) is 102 Å². The van der Waals surface area contributed by atoms with Gasteiger partial charge in [0.2, 0.25) is 5.91 Å². The highest BCUT2D eigenvalue weighted by Gasteiger charge is 2.39. The number of carbonyl (C=O) groups is 3. The Balaban J connectivity index is 2.64. The number of alkyl carbamates (subject to hydrolysis) is 1. The molecule has 0 bridgehead atoms. The van der Waals surface area contributed by atoms with Gasteiger partial charge in [0.25, 0.3) is 5.91 Å². The maximum absolute atomic E-state index is 14.6. The lowest BCUT2D eigenvalue weighted by molar-refractivity contribution is -0.142. The quantitative estimate of drug-likeness (QED) is 0.159. The van der Waals surface area contributed by atoms with E-state index in [2.05, 4.69) is 23.5 Å². The summed E-state index contributed by atoms with van der Waals surface area (Å²) >= 11 is 0. The lowest BCUT2D eigenvalue weighted by Gasteiger charge is -2.36. The summed E-state index contributed by atoms with van der Waals surface area (Å²) in [6, 6.07) is 11.2. The van der Waals surface area contributed by atoms with E-state index in [4.69, 9.17) is 11.2 Å². The number of nitrogens with zero attached hydrogens (tertiary/aromatic N) is 1. The molecule has 240 valence electrons. The summed E-state index contributed by atoms with van der Waals surface area (Å²) in [5.74, 6) is 1.80. The molecule has 3 amide bonds. The number of carbonyl (C=O) groups excluding carboxylic acids is 3. The number of benzene rings is 2. The topological polar surface area (TPSA) is 87.7 Å². The van der Waals surface area contributed by atoms with Gasteiger partial charge in [-0.25, -0.2) is 4.79 Å². The predicted molar refractivity (Wildman–Crippen MR) is 179 cm³/mol. The number of aryl methyl sites for hydroxylation is 2. The number of hydrogen-bond donors (Lipinski definition) is 2. The van der Waals surface area contributed by atoms with Gasteiger partial charge in [0.05, 0.1) is 0 Å². The van der Waals surface area contributed by atoms with Crippen molar-refractivity contribution in [3.8, 4) is 12.3 Å². The first kappa shape index (κ1) is 36.4. The summed E-state index contributed by atoms with van der Waals surface area (Å²) in [7, 11) is 0. The first-order valence-corrected chi connectivity index (χ1v) is 16.1. The minimum atomic E-state index is -1.02. The van der Waals surface area contributed by atoms with Crippen molar-refractivity contribution in [3.05, 3.63) is 64.7 Å². The lowest BCUT2D eigenvalue weighted by Crippen LogP contribution is -2.55. The third-order valence-electron chi connectivity index (χ3n) is 7.89. The molecule has 0 aliphatic carbocycles. The zero-order valence-corrected chi connectivity index (χ0v) is 28.1. The average molecular weight is 604 g/mol. The van der Waals surface area contributed by atoms with E-state index in [0.717, 1.165) is 43.2 Å². The third kappa shape index (κ3) is 10.7. The van der Waals surface area contributed by atoms with Crippen molar-refractivity contribution in [2.45, 2.75) is 118 Å². The van der Waals surface area contributed by atoms with E-state index in [1.807, 2.05) is 64.1 Å². The Bertz CT molecular complexity index is 1270. The van der Waals surface area contributed by atoms with Crippen molar-refractivity contribution in [1.29, 1.82) is 0 Å². The fourth-order valence-corrected chi connectivity index (χ4v) is 5.25. The van der Waals surface area contributed by atoms with Crippen LogP contribution in [0.2, 0.25) is 0 Å². The zero-order chi connectivity index (χ0) is 32.9. The molecule has 3 unspecified atom stereocenters. The van der Waals surface area contributed by atoms with Crippen LogP contribution < -0.4 is 10.6 Å². The number of nitrogens with one attached hydrogen (secondary N) is 2. The van der Waals surface area contributed by atoms with Crippen LogP contribution in [0, 0.1) is 32.1 Å². The van der Waals surface area contributed by atoms with Gasteiger partial charge < -0.3 is 20.3 Å². The van der Waals surface area contributed by atoms with E-state index in [9.17, 15) is 14.4 Å². The molecule has 0 aromatic heterocycles. The van der Waals surface area contributed by atoms with Gasteiger partial charge in [-0.2, -0.15) is 0 Å². The number of amides is 3. The van der Waals surface area contributed by atoms with Crippen molar-refractivity contribution in [2.24, 2.45) is 5.92 Å². The molecule has 0 saturated carbocycles. The maximum Gasteiger partial charge on any atom is 0.408 e. The highest BCUT2D eigenvalue weighted by atomic mass is 16.6. The molecule has 0 saturated heterocycles. The summed E-state index contributed by atoms with van der Waals surface area (Å²) in [5.41, 5.74) is 2.91. The van der Waals surface area contributed by atoms with Crippen LogP contribution in [0.4, 0.5) is 10.5 Å². The zero-order valence-electron chi connectivity index (χ0n) is 28.1. The molecule has 0 radical (unpaired) electrons. The molecule has 2 N–H and O–H groups in total. The molecule has 0 fully saturated rings. The smallest absolute Gasteiger partial charge is 0.408 e. The van der Waals surface area contributed by atoms with Gasteiger partial charge in [0, 0.05) is 17.8 Å². The summed E-state index contributed by atoms with van der Waals surface area (Å²) in [6.07, 6.45) is 12.0. The number of terminal acetylenes is 1. The van der Waals surface area contributed by atoms with E-state index < -0.39 is 23.8 Å². The minimum Gasteiger partial charge on any atom is -0.444 e. The van der Waals surface area contributed by atoms with E-state index >= 15 is 0 Å². The summed E-state index contributed by atoms with van der Waals surface area (Å²) < 4.78 is 5.54. The SMILES string of the molecule is C#Cc1ccccc1C(C(=O)Nc1c(C)cccc1C)N(CCCCCCCC)C(=O)C(NC(=O)OC(C)(C)C)C(C)CC. The molecule has 2 rings (SSSR count). The predicted octanol–water partition coefficient (Wildman–Crippen LogP) is 8.09. The van der Waals surface area contributed by atoms with Crippen LogP contribution >= 0.6 is 0 Å². The molecule has 0 heterocycles. The second kappa shape index (κ2) is 17.5. The van der Waals surface area contributed by atoms with Gasteiger partial charge in [-0.15, -0.1) is 6.42 Å². The van der Waals surface area contributed by atoms with Crippen LogP contribution in [0.1, 0.15) is 115 Å². The summed E-state index contributed by atoms with van der Waals surface area (Å²) in [4.78, 5) is 43.6. The summed E-state index contributed by atoms with van der Waals surface area (Å²) in [6.45, 7) is 15.6. The van der Waals surface area contributed by atoms with E-state index in [1.54, 1.807) is 31.7 Å². The number of anilines is 1. The Morgan fingerprint density at radius 3 is 2.14 bits per heavy atom. The molecular formula is C37H53N3O4. The second-order valence-electron chi connectivity index (χ2n) is 12.7. The fourth-order valence-electron chi connectivity index (χ4n) is 5.25. The van der Waals surface area contributed by atoms with Gasteiger partial charge in [-0.3, -0.25) is 9.59 Å². The van der Waals surface area contributed by atoms with Crippen LogP contribution in [0.5, 0.6) is 0 Å². The normalized spacial score (nSPS) is 13.2. The second-order valence-corrected chi connectivity index (χ2v) is 12.7. The standard InChI is InChI=1S/C37H53N3O4/c1-10-13-14-15-16-19-25-40(35(42)32(26(4)11-2)39-36(43)44-37(7,8)9)33(30-24-18-17-23-29(30)12-3)34(41)38-31-27(5)21-20-22-28(31)6/h3,17-18,20-24,26,32-33H,10-11,13-16,19,25H2,1-2,4-9H3,(H,38,41)(H,39,43). The minimum absolute atomic E-state index is 0.215. The summed E-state index contributed by atoms with van der Waals surface area (Å²) in [5, 5.41) is 5.96. The monoisotopic (exact) mass is 603 g/mol. The Labute approximate surface area is 265 Å². The number of rotatable bonds is 15. The Hall–Kier alpha value is -3.79. The Kier molecular flexibility index (Phi) is 14.5. The van der Waals surface area contributed by atoms with E-state index in [0.29, 0.717) is 36.2 Å². The number of ether oxygens (including phenoxy) is 1. The highest BCUT2D eigenvalue weighted by molar-refractivity contribution is 6.00. The third-order valence-corrected chi connectivity index (χ3v) is 7.89.